The van der Waals surface area contributed by atoms with Gasteiger partial charge in [0, 0.05) is 13.1 Å². The van der Waals surface area contributed by atoms with Gasteiger partial charge in [0.05, 0.1) is 6.54 Å². The van der Waals surface area contributed by atoms with Gasteiger partial charge in [0.1, 0.15) is 0 Å². The minimum atomic E-state index is 0.0644. The maximum atomic E-state index is 11.3. The summed E-state index contributed by atoms with van der Waals surface area (Å²) >= 11 is 0. The molecule has 1 amide bonds. The molecule has 0 saturated carbocycles. The van der Waals surface area contributed by atoms with Crippen molar-refractivity contribution in [3.63, 3.8) is 0 Å². The molecule has 1 rings (SSSR count). The Labute approximate surface area is 97.2 Å². The summed E-state index contributed by atoms with van der Waals surface area (Å²) < 4.78 is 0. The first-order valence-corrected chi connectivity index (χ1v) is 5.75. The van der Waals surface area contributed by atoms with Crippen molar-refractivity contribution in [1.29, 1.82) is 0 Å². The van der Waals surface area contributed by atoms with E-state index in [0.717, 1.165) is 19.5 Å². The zero-order chi connectivity index (χ0) is 11.8. The third-order valence-corrected chi connectivity index (χ3v) is 2.27. The molecule has 0 unspecified atom stereocenters. The van der Waals surface area contributed by atoms with Gasteiger partial charge in [-0.15, -0.1) is 0 Å². The lowest BCUT2D eigenvalue weighted by Gasteiger charge is -2.06. The molecule has 0 aliphatic rings. The number of hydrogen-bond acceptors (Lipinski definition) is 2. The van der Waals surface area contributed by atoms with Gasteiger partial charge >= 0.3 is 0 Å². The third-order valence-electron chi connectivity index (χ3n) is 2.27. The predicted octanol–water partition coefficient (Wildman–Crippen LogP) is 1.61. The van der Waals surface area contributed by atoms with Crippen molar-refractivity contribution in [3.05, 3.63) is 35.4 Å². The number of benzene rings is 1. The molecule has 16 heavy (non-hydrogen) atoms. The van der Waals surface area contributed by atoms with Crippen molar-refractivity contribution in [2.75, 3.05) is 13.1 Å². The summed E-state index contributed by atoms with van der Waals surface area (Å²) in [6.07, 6.45) is 0.976. The van der Waals surface area contributed by atoms with Crippen LogP contribution < -0.4 is 10.6 Å². The molecule has 0 radical (unpaired) electrons. The fourth-order valence-electron chi connectivity index (χ4n) is 1.47. The Balaban J connectivity index is 2.22. The second-order valence-electron chi connectivity index (χ2n) is 3.94. The van der Waals surface area contributed by atoms with Gasteiger partial charge in [0.2, 0.25) is 5.91 Å². The van der Waals surface area contributed by atoms with Crippen molar-refractivity contribution < 1.29 is 4.79 Å². The van der Waals surface area contributed by atoms with Crippen LogP contribution in [0.5, 0.6) is 0 Å². The molecule has 0 aliphatic heterocycles. The van der Waals surface area contributed by atoms with Crippen LogP contribution in [0.3, 0.4) is 0 Å². The molecule has 0 heterocycles. The van der Waals surface area contributed by atoms with Crippen molar-refractivity contribution >= 4 is 5.91 Å². The summed E-state index contributed by atoms with van der Waals surface area (Å²) in [4.78, 5) is 11.3. The summed E-state index contributed by atoms with van der Waals surface area (Å²) in [7, 11) is 0. The molecule has 0 saturated heterocycles. The molecule has 0 spiro atoms. The largest absolute Gasteiger partial charge is 0.355 e. The molecule has 0 bridgehead atoms. The Morgan fingerprint density at radius 1 is 1.38 bits per heavy atom. The first-order valence-electron chi connectivity index (χ1n) is 5.75. The fraction of sp³-hybridized carbons (Fsp3) is 0.462. The molecule has 1 aromatic carbocycles. The number of nitrogens with one attached hydrogen (secondary N) is 2. The molecule has 0 fully saturated rings. The summed E-state index contributed by atoms with van der Waals surface area (Å²) in [6, 6.07) is 8.28. The summed E-state index contributed by atoms with van der Waals surface area (Å²) in [6.45, 7) is 5.98. The summed E-state index contributed by atoms with van der Waals surface area (Å²) in [5.41, 5.74) is 2.46. The van der Waals surface area contributed by atoms with E-state index in [4.69, 9.17) is 0 Å². The number of hydrogen-bond donors (Lipinski definition) is 2. The van der Waals surface area contributed by atoms with Crippen molar-refractivity contribution in [1.82, 2.24) is 10.6 Å². The van der Waals surface area contributed by atoms with Crippen LogP contribution in [0.4, 0.5) is 0 Å². The first kappa shape index (κ1) is 12.7. The molecule has 88 valence electrons. The lowest BCUT2D eigenvalue weighted by molar-refractivity contribution is -0.120. The van der Waals surface area contributed by atoms with Gasteiger partial charge in [-0.25, -0.2) is 0 Å². The third kappa shape index (κ3) is 4.94. The highest BCUT2D eigenvalue weighted by atomic mass is 16.1. The van der Waals surface area contributed by atoms with Crippen LogP contribution in [0.1, 0.15) is 24.5 Å². The van der Waals surface area contributed by atoms with E-state index in [0.29, 0.717) is 6.54 Å². The van der Waals surface area contributed by atoms with Gasteiger partial charge in [-0.2, -0.15) is 0 Å². The topological polar surface area (TPSA) is 41.1 Å². The van der Waals surface area contributed by atoms with E-state index in [1.54, 1.807) is 0 Å². The summed E-state index contributed by atoms with van der Waals surface area (Å²) in [5, 5.41) is 5.95. The van der Waals surface area contributed by atoms with Crippen molar-refractivity contribution in [3.8, 4) is 0 Å². The standard InChI is InChI=1S/C13H20N2O/c1-3-7-15-13(16)10-14-9-12-6-4-5-11(2)8-12/h4-6,8,14H,3,7,9-10H2,1-2H3,(H,15,16). The van der Waals surface area contributed by atoms with E-state index in [2.05, 4.69) is 35.8 Å². The van der Waals surface area contributed by atoms with Crippen LogP contribution in [-0.4, -0.2) is 19.0 Å². The Bertz CT molecular complexity index is 336. The minimum Gasteiger partial charge on any atom is -0.355 e. The van der Waals surface area contributed by atoms with Gasteiger partial charge in [-0.05, 0) is 18.9 Å². The molecule has 1 aromatic rings. The smallest absolute Gasteiger partial charge is 0.233 e. The van der Waals surface area contributed by atoms with Gasteiger partial charge in [0.15, 0.2) is 0 Å². The molecule has 2 N–H and O–H groups in total. The van der Waals surface area contributed by atoms with E-state index >= 15 is 0 Å². The molecule has 3 nitrogen and oxygen atoms in total. The highest BCUT2D eigenvalue weighted by molar-refractivity contribution is 5.77. The number of amides is 1. The Hall–Kier alpha value is -1.35. The molecule has 0 atom stereocenters. The van der Waals surface area contributed by atoms with E-state index in [-0.39, 0.29) is 5.91 Å². The minimum absolute atomic E-state index is 0.0644. The molecule has 3 heteroatoms. The van der Waals surface area contributed by atoms with Crippen LogP contribution >= 0.6 is 0 Å². The van der Waals surface area contributed by atoms with Gasteiger partial charge < -0.3 is 10.6 Å². The quantitative estimate of drug-likeness (QED) is 0.764. The van der Waals surface area contributed by atoms with Crippen LogP contribution in [0, 0.1) is 6.92 Å². The molecular weight excluding hydrogens is 200 g/mol. The highest BCUT2D eigenvalue weighted by Gasteiger charge is 1.99. The lowest BCUT2D eigenvalue weighted by atomic mass is 10.1. The second kappa shape index (κ2) is 7.01. The number of carbonyl (C=O) groups is 1. The monoisotopic (exact) mass is 220 g/mol. The number of aryl methyl sites for hydroxylation is 1. The average molecular weight is 220 g/mol. The maximum Gasteiger partial charge on any atom is 0.233 e. The highest BCUT2D eigenvalue weighted by Crippen LogP contribution is 2.02. The molecule has 0 aliphatic carbocycles. The van der Waals surface area contributed by atoms with Crippen LogP contribution in [0.25, 0.3) is 0 Å². The Morgan fingerprint density at radius 2 is 2.19 bits per heavy atom. The molecule has 0 aromatic heterocycles. The number of rotatable bonds is 6. The second-order valence-corrected chi connectivity index (χ2v) is 3.94. The zero-order valence-corrected chi connectivity index (χ0v) is 10.0. The Kier molecular flexibility index (Phi) is 5.57. The average Bonchev–Trinajstić information content (AvgIpc) is 2.26. The van der Waals surface area contributed by atoms with Gasteiger partial charge in [-0.1, -0.05) is 36.8 Å². The Morgan fingerprint density at radius 3 is 2.88 bits per heavy atom. The van der Waals surface area contributed by atoms with Crippen LogP contribution in [0.2, 0.25) is 0 Å². The van der Waals surface area contributed by atoms with Crippen molar-refractivity contribution in [2.24, 2.45) is 0 Å². The molecular formula is C13H20N2O. The predicted molar refractivity (Wildman–Crippen MR) is 66.2 cm³/mol. The normalized spacial score (nSPS) is 10.1. The summed E-state index contributed by atoms with van der Waals surface area (Å²) in [5.74, 6) is 0.0644. The SMILES string of the molecule is CCCNC(=O)CNCc1cccc(C)c1. The van der Waals surface area contributed by atoms with Crippen molar-refractivity contribution in [2.45, 2.75) is 26.8 Å². The van der Waals surface area contributed by atoms with E-state index in [1.165, 1.54) is 11.1 Å². The first-order chi connectivity index (χ1) is 7.72. The van der Waals surface area contributed by atoms with E-state index in [9.17, 15) is 4.79 Å². The fourth-order valence-corrected chi connectivity index (χ4v) is 1.47. The van der Waals surface area contributed by atoms with Crippen LogP contribution in [0.15, 0.2) is 24.3 Å². The number of carbonyl (C=O) groups excluding carboxylic acids is 1. The van der Waals surface area contributed by atoms with Gasteiger partial charge in [0.25, 0.3) is 0 Å². The van der Waals surface area contributed by atoms with E-state index in [1.807, 2.05) is 13.0 Å². The zero-order valence-electron chi connectivity index (χ0n) is 10.0. The van der Waals surface area contributed by atoms with E-state index < -0.39 is 0 Å². The van der Waals surface area contributed by atoms with Gasteiger partial charge in [-0.3, -0.25) is 4.79 Å². The maximum absolute atomic E-state index is 11.3. The lowest BCUT2D eigenvalue weighted by Crippen LogP contribution is -2.33. The van der Waals surface area contributed by atoms with Crippen LogP contribution in [-0.2, 0) is 11.3 Å².